The molecule has 0 atom stereocenters. The molecule has 0 fully saturated rings. The highest BCUT2D eigenvalue weighted by molar-refractivity contribution is 9.10. The number of carbonyl (C=O) groups is 1. The van der Waals surface area contributed by atoms with E-state index in [4.69, 9.17) is 4.74 Å². The van der Waals surface area contributed by atoms with Crippen molar-refractivity contribution < 1.29 is 9.53 Å². The van der Waals surface area contributed by atoms with Crippen LogP contribution in [0.3, 0.4) is 0 Å². The molecule has 27 heavy (non-hydrogen) atoms. The van der Waals surface area contributed by atoms with Crippen molar-refractivity contribution >= 4 is 33.6 Å². The van der Waals surface area contributed by atoms with E-state index in [0.29, 0.717) is 16.8 Å². The van der Waals surface area contributed by atoms with Gasteiger partial charge in [0.2, 0.25) is 5.91 Å². The maximum absolute atomic E-state index is 12.0. The lowest BCUT2D eigenvalue weighted by Crippen LogP contribution is -2.17. The summed E-state index contributed by atoms with van der Waals surface area (Å²) in [4.78, 5) is 26.3. The van der Waals surface area contributed by atoms with Gasteiger partial charge in [0.1, 0.15) is 18.0 Å². The molecule has 1 aromatic heterocycles. The number of ether oxygens (including phenoxy) is 1. The fourth-order valence-electron chi connectivity index (χ4n) is 2.35. The number of anilines is 1. The number of amides is 1. The van der Waals surface area contributed by atoms with Crippen molar-refractivity contribution in [3.8, 4) is 5.75 Å². The number of aromatic nitrogens is 1. The summed E-state index contributed by atoms with van der Waals surface area (Å²) in [5.74, 6) is 0.319. The van der Waals surface area contributed by atoms with Crippen LogP contribution >= 0.6 is 15.9 Å². The minimum absolute atomic E-state index is 0.180. The van der Waals surface area contributed by atoms with Crippen LogP contribution in [0.15, 0.2) is 82.2 Å². The van der Waals surface area contributed by atoms with Crippen LogP contribution < -0.4 is 15.6 Å². The summed E-state index contributed by atoms with van der Waals surface area (Å²) in [6.45, 7) is 0.472. The van der Waals surface area contributed by atoms with Gasteiger partial charge in [-0.3, -0.25) is 9.59 Å². The Hall–Kier alpha value is -3.12. The van der Waals surface area contributed by atoms with E-state index in [2.05, 4.69) is 26.2 Å². The van der Waals surface area contributed by atoms with E-state index >= 15 is 0 Å². The topological polar surface area (TPSA) is 71.2 Å². The summed E-state index contributed by atoms with van der Waals surface area (Å²) in [6, 6.07) is 18.9. The molecule has 3 aromatic rings. The molecular weight excluding hydrogens is 408 g/mol. The summed E-state index contributed by atoms with van der Waals surface area (Å²) < 4.78 is 6.45. The zero-order valence-corrected chi connectivity index (χ0v) is 15.9. The first-order valence-corrected chi connectivity index (χ1v) is 9.03. The molecule has 0 saturated heterocycles. The lowest BCUT2D eigenvalue weighted by molar-refractivity contribution is -0.111. The Balaban J connectivity index is 1.62. The summed E-state index contributed by atoms with van der Waals surface area (Å²) in [5, 5.41) is 2.55. The molecule has 3 rings (SSSR count). The first-order chi connectivity index (χ1) is 13.1. The predicted molar refractivity (Wildman–Crippen MR) is 110 cm³/mol. The minimum Gasteiger partial charge on any atom is -0.489 e. The van der Waals surface area contributed by atoms with Gasteiger partial charge in [-0.15, -0.1) is 0 Å². The van der Waals surface area contributed by atoms with Gasteiger partial charge < -0.3 is 15.0 Å². The first kappa shape index (κ1) is 18.7. The zero-order valence-electron chi connectivity index (χ0n) is 14.3. The van der Waals surface area contributed by atoms with E-state index in [1.165, 1.54) is 12.3 Å². The monoisotopic (exact) mass is 424 g/mol. The van der Waals surface area contributed by atoms with Crippen LogP contribution in [-0.4, -0.2) is 10.9 Å². The van der Waals surface area contributed by atoms with Gasteiger partial charge in [0.05, 0.1) is 0 Å². The van der Waals surface area contributed by atoms with Crippen molar-refractivity contribution in [3.05, 3.63) is 98.9 Å². The number of halogens is 1. The lowest BCUT2D eigenvalue weighted by atomic mass is 10.2. The van der Waals surface area contributed by atoms with E-state index in [1.54, 1.807) is 12.1 Å². The zero-order chi connectivity index (χ0) is 19.1. The molecule has 0 spiro atoms. The number of rotatable bonds is 6. The van der Waals surface area contributed by atoms with Crippen molar-refractivity contribution in [1.82, 2.24) is 4.98 Å². The standard InChI is InChI=1S/C21H17BrN2O3/c22-17-12-19(21(26)23-13-17)24-20(25)10-9-15-7-4-8-18(11-15)27-14-16-5-2-1-3-6-16/h1-13H,14H2,(H,23,26)(H,24,25)/b10-9+. The average molecular weight is 425 g/mol. The fourth-order valence-corrected chi connectivity index (χ4v) is 2.69. The van der Waals surface area contributed by atoms with Gasteiger partial charge >= 0.3 is 0 Å². The second kappa shape index (κ2) is 9.00. The van der Waals surface area contributed by atoms with Gasteiger partial charge in [0, 0.05) is 16.7 Å². The van der Waals surface area contributed by atoms with E-state index in [1.807, 2.05) is 54.6 Å². The molecule has 0 unspecified atom stereocenters. The number of hydrogen-bond acceptors (Lipinski definition) is 3. The smallest absolute Gasteiger partial charge is 0.271 e. The third kappa shape index (κ3) is 5.69. The van der Waals surface area contributed by atoms with E-state index in [0.717, 1.165) is 11.1 Å². The number of carbonyl (C=O) groups excluding carboxylic acids is 1. The number of benzene rings is 2. The number of hydrogen-bond donors (Lipinski definition) is 2. The van der Waals surface area contributed by atoms with Crippen molar-refractivity contribution in [2.75, 3.05) is 5.32 Å². The van der Waals surface area contributed by atoms with Crippen LogP contribution in [0, 0.1) is 0 Å². The van der Waals surface area contributed by atoms with Crippen LogP contribution in [-0.2, 0) is 11.4 Å². The molecule has 2 N–H and O–H groups in total. The Kier molecular flexibility index (Phi) is 6.22. The molecule has 2 aromatic carbocycles. The van der Waals surface area contributed by atoms with Crippen LogP contribution in [0.4, 0.5) is 5.69 Å². The largest absolute Gasteiger partial charge is 0.489 e. The van der Waals surface area contributed by atoms with Gasteiger partial charge in [0.15, 0.2) is 0 Å². The Morgan fingerprint density at radius 1 is 1.11 bits per heavy atom. The lowest BCUT2D eigenvalue weighted by Gasteiger charge is -2.07. The normalized spacial score (nSPS) is 10.7. The van der Waals surface area contributed by atoms with Gasteiger partial charge in [-0.1, -0.05) is 42.5 Å². The molecule has 0 saturated carbocycles. The molecule has 1 amide bonds. The SMILES string of the molecule is O=C(/C=C/c1cccc(OCc2ccccc2)c1)Nc1cc(Br)c[nH]c1=O. The molecule has 0 aliphatic carbocycles. The minimum atomic E-state index is -0.394. The summed E-state index contributed by atoms with van der Waals surface area (Å²) in [6.07, 6.45) is 4.54. The van der Waals surface area contributed by atoms with E-state index < -0.39 is 5.91 Å². The van der Waals surface area contributed by atoms with Gasteiger partial charge in [-0.25, -0.2) is 0 Å². The second-order valence-corrected chi connectivity index (χ2v) is 6.65. The highest BCUT2D eigenvalue weighted by Crippen LogP contribution is 2.16. The van der Waals surface area contributed by atoms with Crippen LogP contribution in [0.5, 0.6) is 5.75 Å². The van der Waals surface area contributed by atoms with Crippen LogP contribution in [0.2, 0.25) is 0 Å². The maximum Gasteiger partial charge on any atom is 0.271 e. The number of nitrogens with one attached hydrogen (secondary N) is 2. The third-order valence-electron chi connectivity index (χ3n) is 3.66. The Bertz CT molecular complexity index is 1010. The van der Waals surface area contributed by atoms with Crippen molar-refractivity contribution in [1.29, 1.82) is 0 Å². The predicted octanol–water partition coefficient (Wildman–Crippen LogP) is 4.37. The Labute approximate surface area is 164 Å². The molecule has 136 valence electrons. The Morgan fingerprint density at radius 3 is 2.74 bits per heavy atom. The molecule has 0 radical (unpaired) electrons. The molecular formula is C21H17BrN2O3. The molecule has 6 heteroatoms. The van der Waals surface area contributed by atoms with Crippen molar-refractivity contribution in [3.63, 3.8) is 0 Å². The first-order valence-electron chi connectivity index (χ1n) is 8.24. The summed E-state index contributed by atoms with van der Waals surface area (Å²) in [5.41, 5.74) is 1.71. The van der Waals surface area contributed by atoms with E-state index in [-0.39, 0.29) is 11.2 Å². The highest BCUT2D eigenvalue weighted by atomic mass is 79.9. The molecule has 0 aliphatic rings. The number of H-pyrrole nitrogens is 1. The van der Waals surface area contributed by atoms with Gasteiger partial charge in [-0.2, -0.15) is 0 Å². The molecule has 1 heterocycles. The average Bonchev–Trinajstić information content (AvgIpc) is 2.69. The third-order valence-corrected chi connectivity index (χ3v) is 4.12. The summed E-state index contributed by atoms with van der Waals surface area (Å²) in [7, 11) is 0. The van der Waals surface area contributed by atoms with Crippen LogP contribution in [0.25, 0.3) is 6.08 Å². The molecule has 5 nitrogen and oxygen atoms in total. The van der Waals surface area contributed by atoms with E-state index in [9.17, 15) is 9.59 Å². The Morgan fingerprint density at radius 2 is 1.93 bits per heavy atom. The summed E-state index contributed by atoms with van der Waals surface area (Å²) >= 11 is 3.25. The number of pyridine rings is 1. The second-order valence-electron chi connectivity index (χ2n) is 5.73. The number of aromatic amines is 1. The van der Waals surface area contributed by atoms with Crippen molar-refractivity contribution in [2.45, 2.75) is 6.61 Å². The maximum atomic E-state index is 12.0. The van der Waals surface area contributed by atoms with Crippen LogP contribution in [0.1, 0.15) is 11.1 Å². The van der Waals surface area contributed by atoms with Gasteiger partial charge in [0.25, 0.3) is 5.56 Å². The quantitative estimate of drug-likeness (QED) is 0.577. The fraction of sp³-hybridized carbons (Fsp3) is 0.0476. The van der Waals surface area contributed by atoms with Gasteiger partial charge in [-0.05, 0) is 51.3 Å². The van der Waals surface area contributed by atoms with Crippen molar-refractivity contribution in [2.24, 2.45) is 0 Å². The molecule has 0 bridgehead atoms. The highest BCUT2D eigenvalue weighted by Gasteiger charge is 2.04. The molecule has 0 aliphatic heterocycles.